The molecule has 10 heteroatoms. The number of hydrogen-bond donors (Lipinski definition) is 2. The Kier molecular flexibility index (Phi) is 8.49. The van der Waals surface area contributed by atoms with Crippen molar-refractivity contribution in [2.75, 3.05) is 17.6 Å². The standard InChI is InChI=1S/C34H34N6O4/c1-34(2,3)44-33(43)40-18-17-27-26(31(40)42)20-28(39(27)4)30-24(21-36-32(35)38-30)15-13-22-9-8-10-23(19-22)14-16-29(41)37-25-11-6-5-7-12-25/h5-12,19-21H,14,16-18H2,1-4H3,(H,37,41)(H2,35,36,38). The van der Waals surface area contributed by atoms with E-state index in [4.69, 9.17) is 10.5 Å². The summed E-state index contributed by atoms with van der Waals surface area (Å²) in [5.41, 5.74) is 10.6. The van der Waals surface area contributed by atoms with Gasteiger partial charge in [-0.2, -0.15) is 0 Å². The number of carbonyl (C=O) groups excluding carboxylic acids is 3. The van der Waals surface area contributed by atoms with Crippen LogP contribution in [0.5, 0.6) is 0 Å². The lowest BCUT2D eigenvalue weighted by molar-refractivity contribution is -0.116. The van der Waals surface area contributed by atoms with Gasteiger partial charge in [-0.25, -0.2) is 19.7 Å². The Bertz CT molecular complexity index is 1790. The average molecular weight is 591 g/mol. The van der Waals surface area contributed by atoms with Crippen LogP contribution in [-0.4, -0.2) is 49.5 Å². The van der Waals surface area contributed by atoms with Gasteiger partial charge in [0.2, 0.25) is 11.9 Å². The van der Waals surface area contributed by atoms with Crippen LogP contribution in [0.25, 0.3) is 11.4 Å². The summed E-state index contributed by atoms with van der Waals surface area (Å²) in [6, 6.07) is 18.8. The SMILES string of the molecule is Cn1c(-c2nc(N)ncc2C#Cc2cccc(CCC(=O)Nc3ccccc3)c2)cc2c1CCN(C(=O)OC(C)(C)C)C2=O. The van der Waals surface area contributed by atoms with E-state index in [-0.39, 0.29) is 18.4 Å². The van der Waals surface area contributed by atoms with E-state index < -0.39 is 17.6 Å². The Labute approximate surface area is 256 Å². The van der Waals surface area contributed by atoms with Crippen LogP contribution in [-0.2, 0) is 29.4 Å². The molecule has 0 unspecified atom stereocenters. The number of benzene rings is 2. The number of rotatable bonds is 5. The lowest BCUT2D eigenvalue weighted by Gasteiger charge is -2.28. The Balaban J connectivity index is 1.36. The normalized spacial score (nSPS) is 12.6. The third-order valence-electron chi connectivity index (χ3n) is 7.04. The highest BCUT2D eigenvalue weighted by Gasteiger charge is 2.35. The van der Waals surface area contributed by atoms with Crippen molar-refractivity contribution in [3.63, 3.8) is 0 Å². The molecule has 0 saturated carbocycles. The maximum absolute atomic E-state index is 13.3. The number of nitrogens with two attached hydrogens (primary N) is 1. The quantitative estimate of drug-likeness (QED) is 0.314. The van der Waals surface area contributed by atoms with Gasteiger partial charge in [-0.15, -0.1) is 0 Å². The molecule has 2 aromatic carbocycles. The monoisotopic (exact) mass is 590 g/mol. The molecule has 0 aliphatic carbocycles. The molecular formula is C34H34N6O4. The summed E-state index contributed by atoms with van der Waals surface area (Å²) in [7, 11) is 1.84. The molecule has 0 fully saturated rings. The van der Waals surface area contributed by atoms with Gasteiger partial charge in [0.25, 0.3) is 5.91 Å². The number of nitrogens with zero attached hydrogens (tertiary/aromatic N) is 4. The van der Waals surface area contributed by atoms with E-state index in [0.29, 0.717) is 41.8 Å². The summed E-state index contributed by atoms with van der Waals surface area (Å²) in [5.74, 6) is 5.92. The van der Waals surface area contributed by atoms with Crippen LogP contribution in [0.4, 0.5) is 16.4 Å². The number of carbonyl (C=O) groups is 3. The third kappa shape index (κ3) is 6.95. The number of anilines is 2. The second-order valence-electron chi connectivity index (χ2n) is 11.5. The smallest absolute Gasteiger partial charge is 0.417 e. The highest BCUT2D eigenvalue weighted by atomic mass is 16.6. The number of imide groups is 1. The first-order chi connectivity index (χ1) is 21.0. The van der Waals surface area contributed by atoms with Crippen LogP contribution in [0, 0.1) is 11.8 Å². The maximum atomic E-state index is 13.3. The van der Waals surface area contributed by atoms with Crippen LogP contribution in [0.3, 0.4) is 0 Å². The number of nitrogen functional groups attached to an aromatic ring is 1. The van der Waals surface area contributed by atoms with Crippen LogP contribution >= 0.6 is 0 Å². The molecule has 4 aromatic rings. The molecule has 5 rings (SSSR count). The van der Waals surface area contributed by atoms with Crippen molar-refractivity contribution in [2.45, 2.75) is 45.6 Å². The Morgan fingerprint density at radius 3 is 2.59 bits per heavy atom. The maximum Gasteiger partial charge on any atom is 0.417 e. The van der Waals surface area contributed by atoms with E-state index in [1.165, 1.54) is 0 Å². The van der Waals surface area contributed by atoms with E-state index in [2.05, 4.69) is 27.1 Å². The zero-order chi connectivity index (χ0) is 31.4. The van der Waals surface area contributed by atoms with Crippen LogP contribution < -0.4 is 11.1 Å². The lowest BCUT2D eigenvalue weighted by atomic mass is 10.1. The third-order valence-corrected chi connectivity index (χ3v) is 7.04. The van der Waals surface area contributed by atoms with E-state index in [0.717, 1.165) is 27.4 Å². The van der Waals surface area contributed by atoms with Crippen LogP contribution in [0.2, 0.25) is 0 Å². The minimum Gasteiger partial charge on any atom is -0.443 e. The van der Waals surface area contributed by atoms with Gasteiger partial charge >= 0.3 is 6.09 Å². The first-order valence-corrected chi connectivity index (χ1v) is 14.3. The summed E-state index contributed by atoms with van der Waals surface area (Å²) in [5, 5.41) is 2.90. The van der Waals surface area contributed by atoms with E-state index in [1.54, 1.807) is 33.0 Å². The molecule has 3 N–H and O–H groups in total. The van der Waals surface area contributed by atoms with Gasteiger partial charge in [0.05, 0.1) is 16.8 Å². The minimum absolute atomic E-state index is 0.0608. The highest BCUT2D eigenvalue weighted by Crippen LogP contribution is 2.30. The Morgan fingerprint density at radius 2 is 1.84 bits per heavy atom. The topological polar surface area (TPSA) is 132 Å². The van der Waals surface area contributed by atoms with Gasteiger partial charge < -0.3 is 20.4 Å². The summed E-state index contributed by atoms with van der Waals surface area (Å²) in [6.45, 7) is 5.49. The summed E-state index contributed by atoms with van der Waals surface area (Å²) in [4.78, 5) is 48.2. The van der Waals surface area contributed by atoms with Crippen molar-refractivity contribution in [3.05, 3.63) is 94.8 Å². The zero-order valence-corrected chi connectivity index (χ0v) is 25.2. The van der Waals surface area contributed by atoms with E-state index in [9.17, 15) is 14.4 Å². The number of hydrogen-bond acceptors (Lipinski definition) is 7. The van der Waals surface area contributed by atoms with Crippen molar-refractivity contribution in [2.24, 2.45) is 7.05 Å². The number of para-hydroxylation sites is 1. The van der Waals surface area contributed by atoms with Gasteiger partial charge in [-0.1, -0.05) is 42.2 Å². The molecule has 3 amide bonds. The molecule has 1 aliphatic heterocycles. The molecule has 224 valence electrons. The van der Waals surface area contributed by atoms with Crippen molar-refractivity contribution in [1.82, 2.24) is 19.4 Å². The number of ether oxygens (including phenoxy) is 1. The average Bonchev–Trinajstić information content (AvgIpc) is 3.32. The summed E-state index contributed by atoms with van der Waals surface area (Å²) in [6.07, 6.45) is 2.26. The van der Waals surface area contributed by atoms with Crippen LogP contribution in [0.15, 0.2) is 66.9 Å². The molecule has 0 bridgehead atoms. The molecule has 0 atom stereocenters. The molecule has 10 nitrogen and oxygen atoms in total. The fraction of sp³-hybridized carbons (Fsp3) is 0.265. The number of amides is 3. The molecule has 0 saturated heterocycles. The molecule has 0 radical (unpaired) electrons. The van der Waals surface area contributed by atoms with Crippen molar-refractivity contribution < 1.29 is 19.1 Å². The predicted molar refractivity (Wildman–Crippen MR) is 168 cm³/mol. The Morgan fingerprint density at radius 1 is 1.07 bits per heavy atom. The fourth-order valence-corrected chi connectivity index (χ4v) is 4.94. The molecule has 0 spiro atoms. The number of nitrogens with one attached hydrogen (secondary N) is 1. The molecule has 1 aliphatic rings. The van der Waals surface area contributed by atoms with Gasteiger partial charge in [-0.3, -0.25) is 9.59 Å². The summed E-state index contributed by atoms with van der Waals surface area (Å²) < 4.78 is 7.32. The number of fused-ring (bicyclic) bond motifs is 1. The first kappa shape index (κ1) is 30.0. The molecule has 44 heavy (non-hydrogen) atoms. The molecule has 2 aromatic heterocycles. The number of aryl methyl sites for hydroxylation is 1. The number of aromatic nitrogens is 3. The second-order valence-corrected chi connectivity index (χ2v) is 11.5. The molecule has 3 heterocycles. The van der Waals surface area contributed by atoms with Crippen molar-refractivity contribution in [1.29, 1.82) is 0 Å². The summed E-state index contributed by atoms with van der Waals surface area (Å²) >= 11 is 0. The fourth-order valence-electron chi connectivity index (χ4n) is 4.94. The van der Waals surface area contributed by atoms with Crippen molar-refractivity contribution >= 4 is 29.5 Å². The van der Waals surface area contributed by atoms with E-state index >= 15 is 0 Å². The molecular weight excluding hydrogens is 556 g/mol. The largest absolute Gasteiger partial charge is 0.443 e. The minimum atomic E-state index is -0.720. The highest BCUT2D eigenvalue weighted by molar-refractivity contribution is 6.05. The Hall–Kier alpha value is -5.43. The lowest BCUT2D eigenvalue weighted by Crippen LogP contribution is -2.44. The second kappa shape index (κ2) is 12.4. The van der Waals surface area contributed by atoms with Crippen molar-refractivity contribution in [3.8, 4) is 23.2 Å². The predicted octanol–water partition coefficient (Wildman–Crippen LogP) is 4.97. The van der Waals surface area contributed by atoms with Gasteiger partial charge in [0, 0.05) is 49.6 Å². The van der Waals surface area contributed by atoms with Gasteiger partial charge in [0.1, 0.15) is 11.3 Å². The first-order valence-electron chi connectivity index (χ1n) is 14.3. The zero-order valence-electron chi connectivity index (χ0n) is 25.2. The van der Waals surface area contributed by atoms with Gasteiger partial charge in [-0.05, 0) is 63.1 Å². The van der Waals surface area contributed by atoms with Gasteiger partial charge in [0.15, 0.2) is 0 Å². The van der Waals surface area contributed by atoms with Crippen LogP contribution in [0.1, 0.15) is 59.9 Å². The van der Waals surface area contributed by atoms with E-state index in [1.807, 2.05) is 66.2 Å².